The summed E-state index contributed by atoms with van der Waals surface area (Å²) in [5.41, 5.74) is 1.64. The van der Waals surface area contributed by atoms with Gasteiger partial charge in [0.1, 0.15) is 0 Å². The molecule has 0 aromatic heterocycles. The van der Waals surface area contributed by atoms with Gasteiger partial charge in [0.25, 0.3) is 0 Å². The van der Waals surface area contributed by atoms with E-state index in [4.69, 9.17) is 0 Å². The van der Waals surface area contributed by atoms with Gasteiger partial charge in [-0.15, -0.1) is 0 Å². The van der Waals surface area contributed by atoms with Gasteiger partial charge in [0.05, 0.1) is 0 Å². The molecule has 0 aromatic carbocycles. The van der Waals surface area contributed by atoms with E-state index in [2.05, 4.69) is 19.9 Å². The second kappa shape index (κ2) is 4.13. The van der Waals surface area contributed by atoms with Crippen LogP contribution in [-0.2, 0) is 0 Å². The van der Waals surface area contributed by atoms with E-state index in [1.54, 1.807) is 5.57 Å². The van der Waals surface area contributed by atoms with E-state index in [0.29, 0.717) is 7.92 Å². The van der Waals surface area contributed by atoms with Crippen LogP contribution in [0.3, 0.4) is 0 Å². The molecule has 0 bridgehead atoms. The number of hydrogen-bond donors (Lipinski definition) is 0. The van der Waals surface area contributed by atoms with Crippen LogP contribution in [-0.4, -0.2) is 18.5 Å². The summed E-state index contributed by atoms with van der Waals surface area (Å²) in [4.78, 5) is 0. The normalized spacial score (nSPS) is 25.0. The third-order valence-electron chi connectivity index (χ3n) is 2.00. The molecule has 0 fully saturated rings. The lowest BCUT2D eigenvalue weighted by Crippen LogP contribution is -1.86. The number of hydrogen-bond acceptors (Lipinski definition) is 0. The fraction of sp³-hybridized carbons (Fsp3) is 0.778. The third kappa shape index (κ3) is 2.42. The highest BCUT2D eigenvalue weighted by atomic mass is 31.1. The Hall–Kier alpha value is 0.170. The zero-order valence-electron chi connectivity index (χ0n) is 7.06. The molecule has 0 saturated heterocycles. The Morgan fingerprint density at radius 1 is 1.60 bits per heavy atom. The fourth-order valence-corrected chi connectivity index (χ4v) is 3.96. The Morgan fingerprint density at radius 2 is 2.40 bits per heavy atom. The lowest BCUT2D eigenvalue weighted by Gasteiger charge is -2.08. The van der Waals surface area contributed by atoms with E-state index < -0.39 is 0 Å². The van der Waals surface area contributed by atoms with Crippen LogP contribution in [0.2, 0.25) is 0 Å². The topological polar surface area (TPSA) is 0 Å². The van der Waals surface area contributed by atoms with Crippen LogP contribution in [0.4, 0.5) is 0 Å². The summed E-state index contributed by atoms with van der Waals surface area (Å²) in [7, 11) is 0.417. The molecule has 0 amide bonds. The highest BCUT2D eigenvalue weighted by Crippen LogP contribution is 2.43. The van der Waals surface area contributed by atoms with Gasteiger partial charge in [-0.2, -0.15) is 0 Å². The first-order valence-corrected chi connectivity index (χ1v) is 6.10. The maximum Gasteiger partial charge on any atom is -0.0114 e. The molecule has 0 spiro atoms. The molecule has 1 atom stereocenters. The van der Waals surface area contributed by atoms with Crippen LogP contribution in [0.15, 0.2) is 11.6 Å². The van der Waals surface area contributed by atoms with Gasteiger partial charge in [0.15, 0.2) is 0 Å². The minimum atomic E-state index is 0.417. The Bertz CT molecular complexity index is 127. The van der Waals surface area contributed by atoms with Crippen molar-refractivity contribution in [3.05, 3.63) is 11.6 Å². The molecule has 1 unspecified atom stereocenters. The van der Waals surface area contributed by atoms with Crippen LogP contribution in [0.5, 0.6) is 0 Å². The molecule has 0 nitrogen and oxygen atoms in total. The van der Waals surface area contributed by atoms with E-state index in [0.717, 1.165) is 0 Å². The smallest absolute Gasteiger partial charge is 0.0114 e. The van der Waals surface area contributed by atoms with Crippen LogP contribution >= 0.6 is 7.92 Å². The van der Waals surface area contributed by atoms with Crippen molar-refractivity contribution in [1.82, 2.24) is 0 Å². The summed E-state index contributed by atoms with van der Waals surface area (Å²) < 4.78 is 0. The fourth-order valence-electron chi connectivity index (χ4n) is 1.32. The molecule has 1 heteroatoms. The van der Waals surface area contributed by atoms with Gasteiger partial charge in [-0.3, -0.25) is 0 Å². The maximum absolute atomic E-state index is 2.43. The molecule has 1 aliphatic rings. The highest BCUT2D eigenvalue weighted by Gasteiger charge is 2.11. The summed E-state index contributed by atoms with van der Waals surface area (Å²) in [6.45, 7) is 4.56. The molecule has 0 aliphatic carbocycles. The first-order valence-electron chi connectivity index (χ1n) is 4.21. The molecule has 0 saturated carbocycles. The average molecular weight is 156 g/mol. The predicted molar refractivity (Wildman–Crippen MR) is 50.2 cm³/mol. The number of unbranched alkanes of at least 4 members (excludes halogenated alkanes) is 1. The summed E-state index contributed by atoms with van der Waals surface area (Å²) in [5, 5.41) is 0. The van der Waals surface area contributed by atoms with Crippen molar-refractivity contribution in [3.8, 4) is 0 Å². The molecule has 58 valence electrons. The molecular formula is C9H17P. The number of rotatable bonds is 3. The van der Waals surface area contributed by atoms with Crippen molar-refractivity contribution in [3.63, 3.8) is 0 Å². The van der Waals surface area contributed by atoms with Crippen LogP contribution < -0.4 is 0 Å². The molecule has 1 aliphatic heterocycles. The minimum Gasteiger partial charge on any atom is -0.0987 e. The van der Waals surface area contributed by atoms with Gasteiger partial charge in [-0.1, -0.05) is 32.9 Å². The molecular weight excluding hydrogens is 139 g/mol. The second-order valence-corrected chi connectivity index (χ2v) is 5.61. The lowest BCUT2D eigenvalue weighted by molar-refractivity contribution is 0.891. The Kier molecular flexibility index (Phi) is 3.42. The third-order valence-corrected chi connectivity index (χ3v) is 4.59. The first kappa shape index (κ1) is 8.27. The molecule has 10 heavy (non-hydrogen) atoms. The van der Waals surface area contributed by atoms with E-state index in [1.807, 2.05) is 0 Å². The van der Waals surface area contributed by atoms with Crippen LogP contribution in [0, 0.1) is 0 Å². The molecule has 0 radical (unpaired) electrons. The lowest BCUT2D eigenvalue weighted by atomic mass is 10.3. The van der Waals surface area contributed by atoms with Gasteiger partial charge < -0.3 is 0 Å². The summed E-state index contributed by atoms with van der Waals surface area (Å²) in [5.74, 6) is 0. The summed E-state index contributed by atoms with van der Waals surface area (Å²) in [6, 6.07) is 0. The largest absolute Gasteiger partial charge is 0.0987 e. The maximum atomic E-state index is 2.43. The second-order valence-electron chi connectivity index (χ2n) is 3.14. The monoisotopic (exact) mass is 156 g/mol. The van der Waals surface area contributed by atoms with Crippen molar-refractivity contribution in [2.45, 2.75) is 26.7 Å². The predicted octanol–water partition coefficient (Wildman–Crippen LogP) is 3.23. The Balaban J connectivity index is 2.11. The highest BCUT2D eigenvalue weighted by molar-refractivity contribution is 7.58. The first-order chi connectivity index (χ1) is 4.83. The van der Waals surface area contributed by atoms with Crippen molar-refractivity contribution in [1.29, 1.82) is 0 Å². The Labute approximate surface area is 65.5 Å². The summed E-state index contributed by atoms with van der Waals surface area (Å²) in [6.07, 6.45) is 9.63. The summed E-state index contributed by atoms with van der Waals surface area (Å²) >= 11 is 0. The van der Waals surface area contributed by atoms with Gasteiger partial charge >= 0.3 is 0 Å². The zero-order valence-corrected chi connectivity index (χ0v) is 7.95. The Morgan fingerprint density at radius 3 is 2.90 bits per heavy atom. The zero-order chi connectivity index (χ0) is 7.40. The van der Waals surface area contributed by atoms with Crippen LogP contribution in [0.25, 0.3) is 0 Å². The van der Waals surface area contributed by atoms with Crippen molar-refractivity contribution in [2.24, 2.45) is 0 Å². The van der Waals surface area contributed by atoms with Gasteiger partial charge in [0.2, 0.25) is 0 Å². The van der Waals surface area contributed by atoms with Crippen molar-refractivity contribution >= 4 is 7.92 Å². The van der Waals surface area contributed by atoms with Crippen molar-refractivity contribution < 1.29 is 0 Å². The standard InChI is InChI=1S/C9H17P/c1-3-4-6-10-7-5-9(2)8-10/h5H,3-4,6-8H2,1-2H3. The van der Waals surface area contributed by atoms with Gasteiger partial charge in [-0.05, 0) is 31.8 Å². The van der Waals surface area contributed by atoms with Crippen molar-refractivity contribution in [2.75, 3.05) is 18.5 Å². The SMILES string of the molecule is CCCCP1CC=C(C)C1. The molecule has 1 heterocycles. The molecule has 0 N–H and O–H groups in total. The quantitative estimate of drug-likeness (QED) is 0.434. The van der Waals surface area contributed by atoms with Gasteiger partial charge in [0, 0.05) is 0 Å². The molecule has 1 rings (SSSR count). The van der Waals surface area contributed by atoms with Gasteiger partial charge in [-0.25, -0.2) is 0 Å². The van der Waals surface area contributed by atoms with E-state index in [1.165, 1.54) is 31.3 Å². The van der Waals surface area contributed by atoms with E-state index >= 15 is 0 Å². The minimum absolute atomic E-state index is 0.417. The van der Waals surface area contributed by atoms with E-state index in [-0.39, 0.29) is 0 Å². The average Bonchev–Trinajstić information content (AvgIpc) is 2.31. The number of allylic oxidation sites excluding steroid dienone is 2. The molecule has 0 aromatic rings. The van der Waals surface area contributed by atoms with Crippen LogP contribution in [0.1, 0.15) is 26.7 Å². The van der Waals surface area contributed by atoms with E-state index in [9.17, 15) is 0 Å².